The lowest BCUT2D eigenvalue weighted by Gasteiger charge is -2.03. The first-order valence-electron chi connectivity index (χ1n) is 3.50. The van der Waals surface area contributed by atoms with E-state index < -0.39 is 6.61 Å². The minimum absolute atomic E-state index is 0.0775. The zero-order valence-corrected chi connectivity index (χ0v) is 6.37. The summed E-state index contributed by atoms with van der Waals surface area (Å²) in [5, 5.41) is 6.65. The van der Waals surface area contributed by atoms with Crippen molar-refractivity contribution in [3.05, 3.63) is 18.5 Å². The largest absolute Gasteiger partial charge is 0.434 e. The van der Waals surface area contributed by atoms with Crippen molar-refractivity contribution in [1.29, 1.82) is 0 Å². The van der Waals surface area contributed by atoms with Gasteiger partial charge in [-0.25, -0.2) is 4.98 Å². The summed E-state index contributed by atoms with van der Waals surface area (Å²) in [6.45, 7) is -2.83. The molecule has 6 heteroatoms. The van der Waals surface area contributed by atoms with Gasteiger partial charge >= 0.3 is 6.61 Å². The second kappa shape index (κ2) is 2.96. The van der Waals surface area contributed by atoms with Crippen LogP contribution in [0.4, 0.5) is 8.78 Å². The fourth-order valence-corrected chi connectivity index (χ4v) is 1.03. The Balaban J connectivity index is 2.48. The highest BCUT2D eigenvalue weighted by molar-refractivity contribution is 5.80. The molecular weight excluding hydrogens is 179 g/mol. The van der Waals surface area contributed by atoms with E-state index in [2.05, 4.69) is 19.9 Å². The first-order chi connectivity index (χ1) is 6.27. The predicted octanol–water partition coefficient (Wildman–Crippen LogP) is 1.56. The van der Waals surface area contributed by atoms with E-state index in [-0.39, 0.29) is 5.75 Å². The third kappa shape index (κ3) is 1.42. The summed E-state index contributed by atoms with van der Waals surface area (Å²) in [5.74, 6) is 0.0775. The van der Waals surface area contributed by atoms with E-state index in [0.29, 0.717) is 11.0 Å². The molecule has 0 aromatic carbocycles. The lowest BCUT2D eigenvalue weighted by molar-refractivity contribution is -0.0488. The number of nitrogens with one attached hydrogen (secondary N) is 1. The number of nitrogens with zero attached hydrogens (tertiary/aromatic N) is 2. The fourth-order valence-electron chi connectivity index (χ4n) is 1.03. The van der Waals surface area contributed by atoms with Crippen molar-refractivity contribution in [3.63, 3.8) is 0 Å². The Hall–Kier alpha value is -1.72. The van der Waals surface area contributed by atoms with Gasteiger partial charge in [-0.05, 0) is 6.07 Å². The van der Waals surface area contributed by atoms with E-state index in [1.54, 1.807) is 0 Å². The van der Waals surface area contributed by atoms with Gasteiger partial charge in [0.15, 0.2) is 5.65 Å². The maximum absolute atomic E-state index is 11.9. The molecule has 4 nitrogen and oxygen atoms in total. The Bertz CT molecular complexity index is 415. The fraction of sp³-hybridized carbons (Fsp3) is 0.143. The van der Waals surface area contributed by atoms with Crippen molar-refractivity contribution < 1.29 is 13.5 Å². The first kappa shape index (κ1) is 7.90. The Kier molecular flexibility index (Phi) is 1.80. The third-order valence-corrected chi connectivity index (χ3v) is 1.53. The van der Waals surface area contributed by atoms with E-state index in [1.165, 1.54) is 18.5 Å². The van der Waals surface area contributed by atoms with E-state index in [9.17, 15) is 8.78 Å². The monoisotopic (exact) mass is 184 g/mol. The topological polar surface area (TPSA) is 50.8 Å². The van der Waals surface area contributed by atoms with Crippen LogP contribution in [0.1, 0.15) is 0 Å². The van der Waals surface area contributed by atoms with Gasteiger partial charge in [0.1, 0.15) is 5.75 Å². The molecule has 2 rings (SSSR count). The normalized spacial score (nSPS) is 13.1. The SMILES string of the molecule is FC([18F])Oc1ccnc2[nH]ncc12. The zero-order valence-electron chi connectivity index (χ0n) is 6.37. The molecule has 0 fully saturated rings. The Labute approximate surface area is 71.5 Å². The summed E-state index contributed by atoms with van der Waals surface area (Å²) >= 11 is 0. The van der Waals surface area contributed by atoms with Crippen LogP contribution in [0.25, 0.3) is 11.0 Å². The number of halogens is 2. The van der Waals surface area contributed by atoms with Gasteiger partial charge in [0.05, 0.1) is 11.6 Å². The molecule has 0 radical (unpaired) electrons. The molecule has 1 N–H and O–H groups in total. The van der Waals surface area contributed by atoms with Crippen molar-refractivity contribution >= 4 is 11.0 Å². The van der Waals surface area contributed by atoms with Gasteiger partial charge in [-0.2, -0.15) is 13.9 Å². The maximum atomic E-state index is 11.9. The number of ether oxygens (including phenoxy) is 1. The van der Waals surface area contributed by atoms with Crippen LogP contribution in [0.15, 0.2) is 18.5 Å². The van der Waals surface area contributed by atoms with Crippen LogP contribution in [-0.4, -0.2) is 21.8 Å². The third-order valence-electron chi connectivity index (χ3n) is 1.53. The number of hydrogen-bond donors (Lipinski definition) is 1. The molecule has 0 aliphatic heterocycles. The molecule has 0 bridgehead atoms. The number of aromatic nitrogens is 3. The summed E-state index contributed by atoms with van der Waals surface area (Å²) in [6.07, 6.45) is 2.76. The summed E-state index contributed by atoms with van der Waals surface area (Å²) in [5.41, 5.74) is 0.429. The number of hydrogen-bond acceptors (Lipinski definition) is 3. The maximum Gasteiger partial charge on any atom is 0.387 e. The van der Waals surface area contributed by atoms with Crippen molar-refractivity contribution in [3.8, 4) is 5.75 Å². The molecule has 0 saturated heterocycles. The summed E-state index contributed by atoms with van der Waals surface area (Å²) in [4.78, 5) is 3.87. The van der Waals surface area contributed by atoms with Crippen molar-refractivity contribution in [2.24, 2.45) is 0 Å². The molecule has 13 heavy (non-hydrogen) atoms. The number of alkyl halides is 2. The van der Waals surface area contributed by atoms with Gasteiger partial charge in [0, 0.05) is 6.20 Å². The van der Waals surface area contributed by atoms with Gasteiger partial charge in [-0.15, -0.1) is 0 Å². The Morgan fingerprint density at radius 3 is 3.08 bits per heavy atom. The molecule has 0 aliphatic carbocycles. The van der Waals surface area contributed by atoms with Crippen LogP contribution in [0.2, 0.25) is 0 Å². The minimum atomic E-state index is -2.83. The van der Waals surface area contributed by atoms with Crippen LogP contribution < -0.4 is 4.74 Å². The number of aromatic amines is 1. The molecule has 0 spiro atoms. The zero-order chi connectivity index (χ0) is 9.26. The molecule has 0 amide bonds. The molecule has 0 saturated carbocycles. The van der Waals surface area contributed by atoms with Crippen LogP contribution in [0.5, 0.6) is 5.75 Å². The highest BCUT2D eigenvalue weighted by Crippen LogP contribution is 2.22. The van der Waals surface area contributed by atoms with Crippen LogP contribution in [-0.2, 0) is 0 Å². The summed E-state index contributed by atoms with van der Waals surface area (Å²) < 4.78 is 28.0. The molecule has 2 aromatic rings. The highest BCUT2D eigenvalue weighted by Gasteiger charge is 2.09. The van der Waals surface area contributed by atoms with Crippen molar-refractivity contribution in [2.75, 3.05) is 0 Å². The molecule has 2 aromatic heterocycles. The summed E-state index contributed by atoms with van der Waals surface area (Å²) in [6, 6.07) is 1.37. The molecule has 0 aliphatic rings. The number of H-pyrrole nitrogens is 1. The van der Waals surface area contributed by atoms with E-state index in [0.717, 1.165) is 0 Å². The first-order valence-corrected chi connectivity index (χ1v) is 3.50. The minimum Gasteiger partial charge on any atom is -0.434 e. The summed E-state index contributed by atoms with van der Waals surface area (Å²) in [7, 11) is 0. The Morgan fingerprint density at radius 2 is 2.31 bits per heavy atom. The molecule has 68 valence electrons. The van der Waals surface area contributed by atoms with Crippen LogP contribution in [0.3, 0.4) is 0 Å². The second-order valence-corrected chi connectivity index (χ2v) is 2.32. The van der Waals surface area contributed by atoms with Crippen LogP contribution in [0, 0.1) is 0 Å². The lowest BCUT2D eigenvalue weighted by atomic mass is 10.3. The number of fused-ring (bicyclic) bond motifs is 1. The van der Waals surface area contributed by atoms with E-state index >= 15 is 0 Å². The Morgan fingerprint density at radius 1 is 1.46 bits per heavy atom. The molecule has 2 heterocycles. The van der Waals surface area contributed by atoms with E-state index in [1.807, 2.05) is 0 Å². The molecular formula is C7H5F2N3O. The standard InChI is InChI=1S/C7H5F2N3O/c8-7(9)13-5-1-2-10-6-4(5)3-11-12-6/h1-3,7H,(H,10,11,12)/i8-1. The quantitative estimate of drug-likeness (QED) is 0.770. The molecule has 1 unspecified atom stereocenters. The van der Waals surface area contributed by atoms with Gasteiger partial charge < -0.3 is 4.74 Å². The predicted molar refractivity (Wildman–Crippen MR) is 40.5 cm³/mol. The van der Waals surface area contributed by atoms with Gasteiger partial charge in [0.2, 0.25) is 0 Å². The highest BCUT2D eigenvalue weighted by atomic mass is 19.2. The van der Waals surface area contributed by atoms with Gasteiger partial charge in [0.25, 0.3) is 0 Å². The van der Waals surface area contributed by atoms with Crippen LogP contribution >= 0.6 is 0 Å². The van der Waals surface area contributed by atoms with Gasteiger partial charge in [-0.1, -0.05) is 0 Å². The van der Waals surface area contributed by atoms with Crippen molar-refractivity contribution in [2.45, 2.75) is 6.61 Å². The second-order valence-electron chi connectivity index (χ2n) is 2.32. The van der Waals surface area contributed by atoms with E-state index in [4.69, 9.17) is 0 Å². The number of pyridine rings is 1. The van der Waals surface area contributed by atoms with Crippen molar-refractivity contribution in [1.82, 2.24) is 15.2 Å². The average Bonchev–Trinajstić information content (AvgIpc) is 2.51. The number of rotatable bonds is 2. The average molecular weight is 184 g/mol. The smallest absolute Gasteiger partial charge is 0.387 e. The molecule has 1 atom stereocenters. The lowest BCUT2D eigenvalue weighted by Crippen LogP contribution is -2.02. The van der Waals surface area contributed by atoms with Gasteiger partial charge in [-0.3, -0.25) is 5.10 Å².